The molecule has 0 aliphatic carbocycles. The minimum Gasteiger partial charge on any atom is -0.508 e. The van der Waals surface area contributed by atoms with Gasteiger partial charge in [-0.25, -0.2) is 15.3 Å². The quantitative estimate of drug-likeness (QED) is 0.715. The molecular weight excluding hydrogens is 366 g/mol. The number of pyridine rings is 1. The molecular formula is C22H23N5O2. The smallest absolute Gasteiger partial charge is 0.202 e. The second-order valence-corrected chi connectivity index (χ2v) is 7.35. The van der Waals surface area contributed by atoms with Crippen molar-refractivity contribution in [3.05, 3.63) is 66.4 Å². The molecule has 2 aliphatic rings. The van der Waals surface area contributed by atoms with Crippen LogP contribution in [0.5, 0.6) is 5.75 Å². The number of fused-ring (bicyclic) bond motifs is 1. The first-order chi connectivity index (χ1) is 14.3. The highest BCUT2D eigenvalue weighted by Gasteiger charge is 2.24. The minimum atomic E-state index is -0.366. The first-order valence-corrected chi connectivity index (χ1v) is 9.84. The highest BCUT2D eigenvalue weighted by molar-refractivity contribution is 5.91. The number of anilines is 1. The van der Waals surface area contributed by atoms with E-state index in [1.807, 2.05) is 24.4 Å². The summed E-state index contributed by atoms with van der Waals surface area (Å²) in [6.07, 6.45) is 1.53. The number of aromatic nitrogens is 1. The van der Waals surface area contributed by atoms with Crippen LogP contribution >= 0.6 is 0 Å². The molecule has 148 valence electrons. The van der Waals surface area contributed by atoms with E-state index < -0.39 is 0 Å². The Labute approximate surface area is 169 Å². The van der Waals surface area contributed by atoms with Crippen molar-refractivity contribution in [3.63, 3.8) is 0 Å². The van der Waals surface area contributed by atoms with E-state index in [4.69, 9.17) is 4.84 Å². The van der Waals surface area contributed by atoms with E-state index in [0.717, 1.165) is 49.6 Å². The van der Waals surface area contributed by atoms with E-state index in [1.165, 1.54) is 11.1 Å². The number of rotatable bonds is 4. The fourth-order valence-corrected chi connectivity index (χ4v) is 3.89. The van der Waals surface area contributed by atoms with Crippen molar-refractivity contribution in [2.45, 2.75) is 6.23 Å². The van der Waals surface area contributed by atoms with E-state index in [0.29, 0.717) is 0 Å². The summed E-state index contributed by atoms with van der Waals surface area (Å²) in [6, 6.07) is 17.3. The molecule has 29 heavy (non-hydrogen) atoms. The Hall–Kier alpha value is -3.16. The molecule has 7 heteroatoms. The molecule has 3 heterocycles. The van der Waals surface area contributed by atoms with Gasteiger partial charge in [0.2, 0.25) is 6.23 Å². The standard InChI is InChI=1S/C22H23N5O2/c28-17-7-5-16(6-8-17)22-24-21(25-29-22)15-26-11-13-27(14-12-26)20-9-10-23-19-4-2-1-3-18(19)20/h1-10,22,28H,11-15H2,(H,24,25). The molecule has 1 aromatic heterocycles. The zero-order valence-corrected chi connectivity index (χ0v) is 16.0. The van der Waals surface area contributed by atoms with E-state index in [-0.39, 0.29) is 12.0 Å². The first kappa shape index (κ1) is 17.9. The van der Waals surface area contributed by atoms with Crippen LogP contribution in [0, 0.1) is 0 Å². The van der Waals surface area contributed by atoms with Gasteiger partial charge in [0.05, 0.1) is 12.1 Å². The molecule has 0 amide bonds. The summed E-state index contributed by atoms with van der Waals surface area (Å²) in [5.41, 5.74) is 6.16. The predicted molar refractivity (Wildman–Crippen MR) is 113 cm³/mol. The molecule has 1 fully saturated rings. The van der Waals surface area contributed by atoms with Crippen molar-refractivity contribution in [2.24, 2.45) is 4.99 Å². The van der Waals surface area contributed by atoms with Gasteiger partial charge in [0.15, 0.2) is 0 Å². The number of para-hydroxylation sites is 1. The normalized spacial score (nSPS) is 19.9. The Kier molecular flexibility index (Phi) is 4.75. The Morgan fingerprint density at radius 3 is 2.62 bits per heavy atom. The summed E-state index contributed by atoms with van der Waals surface area (Å²) < 4.78 is 0. The number of hydrogen-bond acceptors (Lipinski definition) is 7. The summed E-state index contributed by atoms with van der Waals surface area (Å²) in [5, 5.41) is 10.6. The van der Waals surface area contributed by atoms with Crippen LogP contribution in [0.4, 0.5) is 5.69 Å². The first-order valence-electron chi connectivity index (χ1n) is 9.84. The lowest BCUT2D eigenvalue weighted by molar-refractivity contribution is 0.0365. The lowest BCUT2D eigenvalue weighted by Crippen LogP contribution is -2.49. The van der Waals surface area contributed by atoms with Crippen LogP contribution in [0.25, 0.3) is 10.9 Å². The van der Waals surface area contributed by atoms with E-state index in [1.54, 1.807) is 12.1 Å². The lowest BCUT2D eigenvalue weighted by Gasteiger charge is -2.36. The van der Waals surface area contributed by atoms with Gasteiger partial charge in [0, 0.05) is 49.0 Å². The van der Waals surface area contributed by atoms with Crippen molar-refractivity contribution >= 4 is 22.4 Å². The third-order valence-corrected chi connectivity index (χ3v) is 5.45. The lowest BCUT2D eigenvalue weighted by atomic mass is 10.1. The SMILES string of the molecule is Oc1ccc(C2N=C(CN3CCN(c4ccnc5ccccc45)CC3)NO2)cc1. The topological polar surface area (TPSA) is 73.2 Å². The third kappa shape index (κ3) is 3.74. The fourth-order valence-electron chi connectivity index (χ4n) is 3.89. The summed E-state index contributed by atoms with van der Waals surface area (Å²) in [6.45, 7) is 4.58. The number of amidine groups is 1. The van der Waals surface area contributed by atoms with Gasteiger partial charge in [-0.15, -0.1) is 0 Å². The van der Waals surface area contributed by atoms with Crippen LogP contribution < -0.4 is 10.4 Å². The Bertz CT molecular complexity index is 1020. The molecule has 1 atom stereocenters. The molecule has 2 N–H and O–H groups in total. The van der Waals surface area contributed by atoms with Gasteiger partial charge in [-0.05, 0) is 24.3 Å². The maximum Gasteiger partial charge on any atom is 0.202 e. The number of hydrogen-bond donors (Lipinski definition) is 2. The summed E-state index contributed by atoms with van der Waals surface area (Å²) in [7, 11) is 0. The Morgan fingerprint density at radius 1 is 1.00 bits per heavy atom. The van der Waals surface area contributed by atoms with Crippen LogP contribution in [0.2, 0.25) is 0 Å². The second-order valence-electron chi connectivity index (χ2n) is 7.35. The molecule has 2 aliphatic heterocycles. The van der Waals surface area contributed by atoms with Crippen molar-refractivity contribution in [2.75, 3.05) is 37.6 Å². The third-order valence-electron chi connectivity index (χ3n) is 5.45. The fraction of sp³-hybridized carbons (Fsp3) is 0.273. The number of phenolic OH excluding ortho intramolecular Hbond substituents is 1. The number of hydroxylamine groups is 1. The van der Waals surface area contributed by atoms with Crippen LogP contribution in [-0.2, 0) is 4.84 Å². The maximum absolute atomic E-state index is 9.42. The highest BCUT2D eigenvalue weighted by Crippen LogP contribution is 2.26. The maximum atomic E-state index is 9.42. The Balaban J connectivity index is 1.21. The number of piperazine rings is 1. The number of phenols is 1. The molecule has 1 unspecified atom stereocenters. The molecule has 1 saturated heterocycles. The molecule has 7 nitrogen and oxygen atoms in total. The molecule has 0 radical (unpaired) electrons. The van der Waals surface area contributed by atoms with Crippen LogP contribution in [0.15, 0.2) is 65.8 Å². The summed E-state index contributed by atoms with van der Waals surface area (Å²) >= 11 is 0. The molecule has 5 rings (SSSR count). The van der Waals surface area contributed by atoms with Gasteiger partial charge in [-0.1, -0.05) is 30.3 Å². The number of aliphatic imine (C=N–C) groups is 1. The van der Waals surface area contributed by atoms with Gasteiger partial charge in [0.1, 0.15) is 11.6 Å². The average Bonchev–Trinajstić information content (AvgIpc) is 3.23. The minimum absolute atomic E-state index is 0.240. The van der Waals surface area contributed by atoms with E-state index in [9.17, 15) is 5.11 Å². The number of aromatic hydroxyl groups is 1. The van der Waals surface area contributed by atoms with Crippen molar-refractivity contribution in [1.29, 1.82) is 0 Å². The van der Waals surface area contributed by atoms with Crippen LogP contribution in [0.3, 0.4) is 0 Å². The van der Waals surface area contributed by atoms with Gasteiger partial charge >= 0.3 is 0 Å². The van der Waals surface area contributed by atoms with Gasteiger partial charge in [-0.3, -0.25) is 9.88 Å². The molecule has 0 spiro atoms. The van der Waals surface area contributed by atoms with Crippen LogP contribution in [0.1, 0.15) is 11.8 Å². The number of nitrogens with zero attached hydrogens (tertiary/aromatic N) is 4. The number of nitrogens with one attached hydrogen (secondary N) is 1. The van der Waals surface area contributed by atoms with E-state index in [2.05, 4.69) is 49.5 Å². The second kappa shape index (κ2) is 7.69. The highest BCUT2D eigenvalue weighted by atomic mass is 16.7. The monoisotopic (exact) mass is 389 g/mol. The van der Waals surface area contributed by atoms with Gasteiger partial charge in [-0.2, -0.15) is 0 Å². The predicted octanol–water partition coefficient (Wildman–Crippen LogP) is 2.69. The number of benzene rings is 2. The molecule has 0 bridgehead atoms. The summed E-state index contributed by atoms with van der Waals surface area (Å²) in [4.78, 5) is 19.5. The van der Waals surface area contributed by atoms with Crippen molar-refractivity contribution < 1.29 is 9.94 Å². The van der Waals surface area contributed by atoms with Crippen molar-refractivity contribution in [3.8, 4) is 5.75 Å². The van der Waals surface area contributed by atoms with Gasteiger partial charge in [0.25, 0.3) is 0 Å². The Morgan fingerprint density at radius 2 is 1.79 bits per heavy atom. The van der Waals surface area contributed by atoms with Gasteiger partial charge < -0.3 is 10.0 Å². The summed E-state index contributed by atoms with van der Waals surface area (Å²) in [5.74, 6) is 1.08. The van der Waals surface area contributed by atoms with E-state index >= 15 is 0 Å². The average molecular weight is 389 g/mol. The van der Waals surface area contributed by atoms with Crippen LogP contribution in [-0.4, -0.2) is 53.5 Å². The molecule has 2 aromatic carbocycles. The largest absolute Gasteiger partial charge is 0.508 e. The molecule has 0 saturated carbocycles. The van der Waals surface area contributed by atoms with Crippen molar-refractivity contribution in [1.82, 2.24) is 15.4 Å². The zero-order valence-electron chi connectivity index (χ0n) is 16.0. The molecule has 3 aromatic rings. The zero-order chi connectivity index (χ0) is 19.6.